The normalized spacial score (nSPS) is 11.5. The predicted molar refractivity (Wildman–Crippen MR) is 85.3 cm³/mol. The highest BCUT2D eigenvalue weighted by Crippen LogP contribution is 2.22. The van der Waals surface area contributed by atoms with E-state index < -0.39 is 0 Å². The molecule has 0 saturated heterocycles. The molecular weight excluding hydrogens is 274 g/mol. The first-order chi connectivity index (χ1) is 10.6. The molecule has 0 spiro atoms. The number of benzene rings is 1. The summed E-state index contributed by atoms with van der Waals surface area (Å²) in [7, 11) is 0. The zero-order valence-electron chi connectivity index (χ0n) is 13.1. The number of rotatable bonds is 4. The monoisotopic (exact) mass is 293 g/mol. The van der Waals surface area contributed by atoms with Gasteiger partial charge in [-0.3, -0.25) is 4.79 Å². The van der Waals surface area contributed by atoms with Gasteiger partial charge in [0.2, 0.25) is 0 Å². The Morgan fingerprint density at radius 3 is 2.50 bits per heavy atom. The maximum Gasteiger partial charge on any atom is 0.272 e. The minimum absolute atomic E-state index is 0.0763. The van der Waals surface area contributed by atoms with E-state index in [9.17, 15) is 4.79 Å². The molecule has 0 saturated carbocycles. The number of hydrogen-bond acceptors (Lipinski definition) is 3. The van der Waals surface area contributed by atoms with Gasteiger partial charge in [0.05, 0.1) is 17.7 Å². The lowest BCUT2D eigenvalue weighted by atomic mass is 10.0. The molecule has 0 aliphatic carbocycles. The fourth-order valence-electron chi connectivity index (χ4n) is 2.42. The topological polar surface area (TPSA) is 57.0 Å². The van der Waals surface area contributed by atoms with Crippen LogP contribution in [0.15, 0.2) is 42.5 Å². The highest BCUT2D eigenvalue weighted by molar-refractivity contribution is 5.92. The van der Waals surface area contributed by atoms with E-state index in [1.165, 1.54) is 0 Å². The van der Waals surface area contributed by atoms with Gasteiger partial charge in [0.25, 0.3) is 5.91 Å². The first kappa shape index (κ1) is 15.7. The van der Waals surface area contributed by atoms with Gasteiger partial charge in [0.15, 0.2) is 0 Å². The highest BCUT2D eigenvalue weighted by atomic mass is 16.2. The van der Waals surface area contributed by atoms with Gasteiger partial charge in [0.1, 0.15) is 5.69 Å². The molecule has 1 aromatic heterocycles. The number of aromatic nitrogens is 1. The van der Waals surface area contributed by atoms with Crippen molar-refractivity contribution in [2.24, 2.45) is 0 Å². The molecule has 22 heavy (non-hydrogen) atoms. The van der Waals surface area contributed by atoms with Crippen molar-refractivity contribution in [2.45, 2.75) is 26.8 Å². The molecule has 1 aromatic carbocycles. The molecule has 2 aromatic rings. The van der Waals surface area contributed by atoms with Crippen LogP contribution in [0.4, 0.5) is 0 Å². The fraction of sp³-hybridized carbons (Fsp3) is 0.278. The Bertz CT molecular complexity index is 701. The molecule has 0 bridgehead atoms. The Hall–Kier alpha value is -2.67. The molecule has 0 aliphatic heterocycles. The fourth-order valence-corrected chi connectivity index (χ4v) is 2.42. The molecule has 0 fully saturated rings. The second-order valence-electron chi connectivity index (χ2n) is 5.17. The zero-order chi connectivity index (χ0) is 16.1. The van der Waals surface area contributed by atoms with E-state index >= 15 is 0 Å². The second-order valence-corrected chi connectivity index (χ2v) is 5.17. The first-order valence-electron chi connectivity index (χ1n) is 7.31. The summed E-state index contributed by atoms with van der Waals surface area (Å²) < 4.78 is 0. The number of pyridine rings is 1. The summed E-state index contributed by atoms with van der Waals surface area (Å²) >= 11 is 0. The number of hydrogen-bond donors (Lipinski definition) is 0. The lowest BCUT2D eigenvalue weighted by Crippen LogP contribution is -2.34. The van der Waals surface area contributed by atoms with E-state index in [1.807, 2.05) is 45.0 Å². The molecule has 1 amide bonds. The van der Waals surface area contributed by atoms with Gasteiger partial charge in [-0.2, -0.15) is 5.26 Å². The molecule has 2 rings (SSSR count). The molecule has 1 atom stereocenters. The van der Waals surface area contributed by atoms with E-state index in [-0.39, 0.29) is 11.9 Å². The van der Waals surface area contributed by atoms with E-state index in [1.54, 1.807) is 23.1 Å². The van der Waals surface area contributed by atoms with Crippen molar-refractivity contribution in [1.29, 1.82) is 5.26 Å². The number of nitriles is 1. The van der Waals surface area contributed by atoms with Crippen LogP contribution in [-0.4, -0.2) is 22.3 Å². The Labute approximate surface area is 131 Å². The largest absolute Gasteiger partial charge is 0.331 e. The Balaban J connectivity index is 2.26. The molecule has 0 N–H and O–H groups in total. The third-order valence-electron chi connectivity index (χ3n) is 3.70. The lowest BCUT2D eigenvalue weighted by molar-refractivity contribution is 0.0696. The molecule has 112 valence electrons. The Morgan fingerprint density at radius 1 is 1.27 bits per heavy atom. The van der Waals surface area contributed by atoms with Crippen molar-refractivity contribution in [3.63, 3.8) is 0 Å². The maximum atomic E-state index is 12.7. The van der Waals surface area contributed by atoms with E-state index in [0.717, 1.165) is 11.3 Å². The number of amides is 1. The van der Waals surface area contributed by atoms with Crippen LogP contribution in [-0.2, 0) is 0 Å². The van der Waals surface area contributed by atoms with Gasteiger partial charge in [-0.05, 0) is 50.6 Å². The average Bonchev–Trinajstić information content (AvgIpc) is 2.55. The lowest BCUT2D eigenvalue weighted by Gasteiger charge is -2.28. The molecule has 1 heterocycles. The summed E-state index contributed by atoms with van der Waals surface area (Å²) in [6, 6.07) is 14.8. The molecule has 0 aliphatic rings. The Kier molecular flexibility index (Phi) is 4.90. The van der Waals surface area contributed by atoms with Crippen LogP contribution in [0.5, 0.6) is 0 Å². The third-order valence-corrected chi connectivity index (χ3v) is 3.70. The molecule has 1 unspecified atom stereocenters. The van der Waals surface area contributed by atoms with Crippen LogP contribution in [0.3, 0.4) is 0 Å². The van der Waals surface area contributed by atoms with Crippen LogP contribution in [0.2, 0.25) is 0 Å². The van der Waals surface area contributed by atoms with Crippen LogP contribution < -0.4 is 0 Å². The minimum atomic E-state index is -0.0805. The number of aryl methyl sites for hydroxylation is 1. The van der Waals surface area contributed by atoms with Crippen LogP contribution in [0.1, 0.15) is 47.2 Å². The quantitative estimate of drug-likeness (QED) is 0.867. The highest BCUT2D eigenvalue weighted by Gasteiger charge is 2.22. The summed E-state index contributed by atoms with van der Waals surface area (Å²) in [6.45, 7) is 6.40. The minimum Gasteiger partial charge on any atom is -0.331 e. The van der Waals surface area contributed by atoms with Gasteiger partial charge in [-0.1, -0.05) is 18.2 Å². The van der Waals surface area contributed by atoms with Crippen molar-refractivity contribution in [3.05, 3.63) is 65.0 Å². The van der Waals surface area contributed by atoms with Crippen LogP contribution >= 0.6 is 0 Å². The SMILES string of the molecule is CCN(C(=O)c1cccc(C)n1)C(C)c1ccc(C#N)cc1. The summed E-state index contributed by atoms with van der Waals surface area (Å²) in [5.41, 5.74) is 2.91. The van der Waals surface area contributed by atoms with Crippen LogP contribution in [0, 0.1) is 18.3 Å². The van der Waals surface area contributed by atoms with Crippen LogP contribution in [0.25, 0.3) is 0 Å². The number of carbonyl (C=O) groups is 1. The summed E-state index contributed by atoms with van der Waals surface area (Å²) in [6.07, 6.45) is 0. The standard InChI is InChI=1S/C18H19N3O/c1-4-21(18(22)17-7-5-6-13(2)20-17)14(3)16-10-8-15(12-19)9-11-16/h5-11,14H,4H2,1-3H3. The average molecular weight is 293 g/mol. The van der Waals surface area contributed by atoms with Crippen molar-refractivity contribution in [1.82, 2.24) is 9.88 Å². The van der Waals surface area contributed by atoms with Gasteiger partial charge < -0.3 is 4.90 Å². The number of nitrogens with zero attached hydrogens (tertiary/aromatic N) is 3. The van der Waals surface area contributed by atoms with Gasteiger partial charge in [-0.25, -0.2) is 4.98 Å². The molecule has 4 nitrogen and oxygen atoms in total. The summed E-state index contributed by atoms with van der Waals surface area (Å²) in [5.74, 6) is -0.0805. The van der Waals surface area contributed by atoms with Crippen molar-refractivity contribution in [3.8, 4) is 6.07 Å². The molecular formula is C18H19N3O. The van der Waals surface area contributed by atoms with E-state index in [4.69, 9.17) is 5.26 Å². The molecule has 0 radical (unpaired) electrons. The first-order valence-corrected chi connectivity index (χ1v) is 7.31. The zero-order valence-corrected chi connectivity index (χ0v) is 13.1. The van der Waals surface area contributed by atoms with Crippen molar-refractivity contribution < 1.29 is 4.79 Å². The van der Waals surface area contributed by atoms with Crippen molar-refractivity contribution >= 4 is 5.91 Å². The van der Waals surface area contributed by atoms with E-state index in [2.05, 4.69) is 11.1 Å². The second kappa shape index (κ2) is 6.86. The van der Waals surface area contributed by atoms with E-state index in [0.29, 0.717) is 17.8 Å². The van der Waals surface area contributed by atoms with Crippen molar-refractivity contribution in [2.75, 3.05) is 6.54 Å². The van der Waals surface area contributed by atoms with Gasteiger partial charge in [-0.15, -0.1) is 0 Å². The summed E-state index contributed by atoms with van der Waals surface area (Å²) in [4.78, 5) is 18.8. The summed E-state index contributed by atoms with van der Waals surface area (Å²) in [5, 5.41) is 8.86. The molecule has 4 heteroatoms. The van der Waals surface area contributed by atoms with Gasteiger partial charge >= 0.3 is 0 Å². The number of carbonyl (C=O) groups excluding carboxylic acids is 1. The predicted octanol–water partition coefficient (Wildman–Crippen LogP) is 3.49. The smallest absolute Gasteiger partial charge is 0.272 e. The third kappa shape index (κ3) is 3.32. The Morgan fingerprint density at radius 2 is 1.95 bits per heavy atom. The van der Waals surface area contributed by atoms with Gasteiger partial charge in [0, 0.05) is 12.2 Å². The maximum absolute atomic E-state index is 12.7.